The van der Waals surface area contributed by atoms with Crippen molar-refractivity contribution in [2.75, 3.05) is 11.1 Å². The highest BCUT2D eigenvalue weighted by Gasteiger charge is 2.03. The van der Waals surface area contributed by atoms with Crippen molar-refractivity contribution in [2.24, 2.45) is 0 Å². The van der Waals surface area contributed by atoms with Gasteiger partial charge in [0.2, 0.25) is 0 Å². The minimum atomic E-state index is 0.477. The minimum Gasteiger partial charge on any atom is -0.384 e. The van der Waals surface area contributed by atoms with Crippen LogP contribution in [0.25, 0.3) is 0 Å². The molecule has 0 fully saturated rings. The van der Waals surface area contributed by atoms with E-state index in [1.165, 1.54) is 5.56 Å². The van der Waals surface area contributed by atoms with Crippen molar-refractivity contribution in [2.45, 2.75) is 26.7 Å². The lowest BCUT2D eigenvalue weighted by atomic mass is 10.0. The summed E-state index contributed by atoms with van der Waals surface area (Å²) < 4.78 is 0. The molecule has 0 saturated heterocycles. The average molecular weight is 242 g/mol. The quantitative estimate of drug-likeness (QED) is 0.867. The third-order valence-electron chi connectivity index (χ3n) is 2.68. The van der Waals surface area contributed by atoms with E-state index in [1.54, 1.807) is 6.07 Å². The van der Waals surface area contributed by atoms with Gasteiger partial charge in [0.1, 0.15) is 17.5 Å². The lowest BCUT2D eigenvalue weighted by molar-refractivity contribution is 0.867. The van der Waals surface area contributed by atoms with E-state index in [9.17, 15) is 0 Å². The number of rotatable bonds is 3. The largest absolute Gasteiger partial charge is 0.384 e. The Morgan fingerprint density at radius 1 is 1.17 bits per heavy atom. The predicted molar refractivity (Wildman–Crippen MR) is 75.0 cm³/mol. The van der Waals surface area contributed by atoms with E-state index in [0.29, 0.717) is 17.6 Å². The van der Waals surface area contributed by atoms with E-state index < -0.39 is 0 Å². The first-order valence-corrected chi connectivity index (χ1v) is 6.03. The summed E-state index contributed by atoms with van der Waals surface area (Å²) in [5.41, 5.74) is 8.00. The van der Waals surface area contributed by atoms with Crippen molar-refractivity contribution in [1.82, 2.24) is 9.97 Å². The van der Waals surface area contributed by atoms with E-state index in [2.05, 4.69) is 41.3 Å². The van der Waals surface area contributed by atoms with Crippen molar-refractivity contribution < 1.29 is 0 Å². The van der Waals surface area contributed by atoms with E-state index in [0.717, 1.165) is 11.5 Å². The van der Waals surface area contributed by atoms with Crippen LogP contribution >= 0.6 is 0 Å². The molecule has 0 saturated carbocycles. The molecule has 0 aliphatic carbocycles. The van der Waals surface area contributed by atoms with Crippen LogP contribution in [0.3, 0.4) is 0 Å². The molecule has 0 amide bonds. The first kappa shape index (κ1) is 12.4. The molecular formula is C14H18N4. The Kier molecular flexibility index (Phi) is 3.46. The first-order chi connectivity index (χ1) is 8.54. The molecule has 2 aromatic rings. The van der Waals surface area contributed by atoms with Gasteiger partial charge in [-0.2, -0.15) is 0 Å². The second-order valence-electron chi connectivity index (χ2n) is 4.63. The van der Waals surface area contributed by atoms with Gasteiger partial charge >= 0.3 is 0 Å². The van der Waals surface area contributed by atoms with Crippen molar-refractivity contribution in [1.29, 1.82) is 0 Å². The second kappa shape index (κ2) is 5.04. The number of aryl methyl sites for hydroxylation is 1. The summed E-state index contributed by atoms with van der Waals surface area (Å²) >= 11 is 0. The smallest absolute Gasteiger partial charge is 0.136 e. The topological polar surface area (TPSA) is 63.8 Å². The molecule has 0 aliphatic rings. The fourth-order valence-electron chi connectivity index (χ4n) is 1.78. The van der Waals surface area contributed by atoms with Crippen LogP contribution in [0.1, 0.15) is 31.2 Å². The molecule has 4 heteroatoms. The monoisotopic (exact) mass is 242 g/mol. The van der Waals surface area contributed by atoms with Crippen molar-refractivity contribution >= 4 is 17.3 Å². The molecule has 3 N–H and O–H groups in total. The van der Waals surface area contributed by atoms with Gasteiger partial charge in [0.25, 0.3) is 0 Å². The number of benzene rings is 1. The predicted octanol–water partition coefficient (Wildman–Crippen LogP) is 3.23. The molecule has 0 spiro atoms. The van der Waals surface area contributed by atoms with Gasteiger partial charge in [-0.05, 0) is 30.5 Å². The van der Waals surface area contributed by atoms with Crippen LogP contribution in [0.2, 0.25) is 0 Å². The van der Waals surface area contributed by atoms with Crippen LogP contribution < -0.4 is 11.1 Å². The highest BCUT2D eigenvalue weighted by Crippen LogP contribution is 2.21. The maximum atomic E-state index is 5.70. The molecule has 0 atom stereocenters. The van der Waals surface area contributed by atoms with E-state index in [1.807, 2.05) is 19.1 Å². The zero-order valence-electron chi connectivity index (χ0n) is 10.9. The highest BCUT2D eigenvalue weighted by molar-refractivity contribution is 5.59. The zero-order valence-corrected chi connectivity index (χ0v) is 10.9. The Balaban J connectivity index is 2.25. The average Bonchev–Trinajstić information content (AvgIpc) is 2.27. The van der Waals surface area contributed by atoms with Gasteiger partial charge in [0.15, 0.2) is 0 Å². The van der Waals surface area contributed by atoms with Crippen molar-refractivity contribution in [3.63, 3.8) is 0 Å². The SMILES string of the molecule is Cc1nc(N)cc(Nc2cccc(C(C)C)c2)n1. The van der Waals surface area contributed by atoms with Crippen molar-refractivity contribution in [3.05, 3.63) is 41.7 Å². The summed E-state index contributed by atoms with van der Waals surface area (Å²) in [7, 11) is 0. The standard InChI is InChI=1S/C14H18N4/c1-9(2)11-5-4-6-12(7-11)18-14-8-13(15)16-10(3)17-14/h4-9H,1-3H3,(H3,15,16,17,18). The molecule has 2 rings (SSSR count). The lowest BCUT2D eigenvalue weighted by Crippen LogP contribution is -2.01. The Morgan fingerprint density at radius 3 is 2.61 bits per heavy atom. The van der Waals surface area contributed by atoms with E-state index >= 15 is 0 Å². The number of aromatic nitrogens is 2. The van der Waals surface area contributed by atoms with Gasteiger partial charge in [-0.15, -0.1) is 0 Å². The van der Waals surface area contributed by atoms with Gasteiger partial charge in [0, 0.05) is 11.8 Å². The Bertz CT molecular complexity index is 529. The molecule has 0 bridgehead atoms. The summed E-state index contributed by atoms with van der Waals surface area (Å²) in [6.45, 7) is 6.17. The molecule has 4 nitrogen and oxygen atoms in total. The summed E-state index contributed by atoms with van der Waals surface area (Å²) in [4.78, 5) is 8.35. The zero-order chi connectivity index (χ0) is 13.1. The molecule has 0 unspecified atom stereocenters. The highest BCUT2D eigenvalue weighted by atomic mass is 15.0. The number of nitrogens with two attached hydrogens (primary N) is 1. The number of nitrogen functional groups attached to an aromatic ring is 1. The molecule has 94 valence electrons. The van der Waals surface area contributed by atoms with Gasteiger partial charge < -0.3 is 11.1 Å². The van der Waals surface area contributed by atoms with Crippen LogP contribution in [0.15, 0.2) is 30.3 Å². The number of nitrogens with one attached hydrogen (secondary N) is 1. The number of hydrogen-bond donors (Lipinski definition) is 2. The molecular weight excluding hydrogens is 224 g/mol. The van der Waals surface area contributed by atoms with Gasteiger partial charge in [-0.25, -0.2) is 9.97 Å². The third-order valence-corrected chi connectivity index (χ3v) is 2.68. The number of nitrogens with zero attached hydrogens (tertiary/aromatic N) is 2. The Labute approximate surface area is 107 Å². The fourth-order valence-corrected chi connectivity index (χ4v) is 1.78. The Morgan fingerprint density at radius 2 is 1.94 bits per heavy atom. The van der Waals surface area contributed by atoms with Gasteiger partial charge in [-0.1, -0.05) is 26.0 Å². The molecule has 0 radical (unpaired) electrons. The van der Waals surface area contributed by atoms with Crippen LogP contribution in [0, 0.1) is 6.92 Å². The maximum Gasteiger partial charge on any atom is 0.136 e. The summed E-state index contributed by atoms with van der Waals surface area (Å²) in [6.07, 6.45) is 0. The van der Waals surface area contributed by atoms with E-state index in [-0.39, 0.29) is 0 Å². The van der Waals surface area contributed by atoms with Crippen LogP contribution in [-0.2, 0) is 0 Å². The maximum absolute atomic E-state index is 5.70. The number of hydrogen-bond acceptors (Lipinski definition) is 4. The summed E-state index contributed by atoms with van der Waals surface area (Å²) in [5.74, 6) is 2.37. The summed E-state index contributed by atoms with van der Waals surface area (Å²) in [5, 5.41) is 3.25. The molecule has 1 heterocycles. The van der Waals surface area contributed by atoms with E-state index in [4.69, 9.17) is 5.73 Å². The normalized spacial score (nSPS) is 10.7. The molecule has 18 heavy (non-hydrogen) atoms. The molecule has 1 aromatic carbocycles. The number of anilines is 3. The van der Waals surface area contributed by atoms with Crippen LogP contribution in [0.4, 0.5) is 17.3 Å². The fraction of sp³-hybridized carbons (Fsp3) is 0.286. The second-order valence-corrected chi connectivity index (χ2v) is 4.63. The molecule has 1 aromatic heterocycles. The van der Waals surface area contributed by atoms with Gasteiger partial charge in [-0.3, -0.25) is 0 Å². The Hall–Kier alpha value is -2.10. The van der Waals surface area contributed by atoms with Gasteiger partial charge in [0.05, 0.1) is 0 Å². The molecule has 0 aliphatic heterocycles. The summed E-state index contributed by atoms with van der Waals surface area (Å²) in [6, 6.07) is 10.0. The third kappa shape index (κ3) is 2.97. The van der Waals surface area contributed by atoms with Crippen LogP contribution in [0.5, 0.6) is 0 Å². The first-order valence-electron chi connectivity index (χ1n) is 6.03. The van der Waals surface area contributed by atoms with Crippen LogP contribution in [-0.4, -0.2) is 9.97 Å². The minimum absolute atomic E-state index is 0.477. The lowest BCUT2D eigenvalue weighted by Gasteiger charge is -2.10. The van der Waals surface area contributed by atoms with Crippen molar-refractivity contribution in [3.8, 4) is 0 Å².